The molecule has 10 nitrogen and oxygen atoms in total. The predicted octanol–water partition coefficient (Wildman–Crippen LogP) is 1.35. The summed E-state index contributed by atoms with van der Waals surface area (Å²) in [4.78, 5) is 35.4. The average molecular weight is 396 g/mol. The Morgan fingerprint density at radius 3 is 2.45 bits per heavy atom. The van der Waals surface area contributed by atoms with E-state index < -0.39 is 11.9 Å². The molecular weight excluding hydrogens is 372 g/mol. The lowest BCUT2D eigenvalue weighted by molar-refractivity contribution is -0.132. The van der Waals surface area contributed by atoms with Gasteiger partial charge in [0.05, 0.1) is 0 Å². The molecule has 3 aromatic rings. The topological polar surface area (TPSA) is 118 Å². The van der Waals surface area contributed by atoms with E-state index in [9.17, 15) is 9.59 Å². The van der Waals surface area contributed by atoms with Gasteiger partial charge < -0.3 is 10.2 Å². The molecule has 0 aromatic carbocycles. The van der Waals surface area contributed by atoms with Gasteiger partial charge in [-0.25, -0.2) is 9.97 Å². The van der Waals surface area contributed by atoms with Crippen LogP contribution in [0.1, 0.15) is 44.1 Å². The number of hydrogen-bond donors (Lipinski definition) is 1. The Morgan fingerprint density at radius 1 is 1.10 bits per heavy atom. The first kappa shape index (κ1) is 20.3. The smallest absolute Gasteiger partial charge is 0.272 e. The Labute approximate surface area is 168 Å². The van der Waals surface area contributed by atoms with Gasteiger partial charge in [-0.1, -0.05) is 13.8 Å². The maximum absolute atomic E-state index is 12.7. The first-order valence-corrected chi connectivity index (χ1v) is 9.64. The van der Waals surface area contributed by atoms with Gasteiger partial charge in [0.2, 0.25) is 11.7 Å². The summed E-state index contributed by atoms with van der Waals surface area (Å²) in [5.74, 6) is 0.125. The molecule has 1 atom stereocenters. The van der Waals surface area contributed by atoms with Crippen molar-refractivity contribution in [1.29, 1.82) is 0 Å². The van der Waals surface area contributed by atoms with Gasteiger partial charge in [-0.3, -0.25) is 9.59 Å². The van der Waals surface area contributed by atoms with Gasteiger partial charge >= 0.3 is 0 Å². The second-order valence-electron chi connectivity index (χ2n) is 6.61. The molecule has 0 fully saturated rings. The standard InChI is InChI=1S/C19H24N8O2/c1-4-11-26(12-5-2)19(29)13(3)22-18(28)14-7-8-15-23-24-17(27(15)25-14)16-20-9-6-10-21-16/h6-10,13H,4-5,11-12H2,1-3H3,(H,22,28)/t13-/m1/s1. The van der Waals surface area contributed by atoms with Crippen LogP contribution in [0.5, 0.6) is 0 Å². The van der Waals surface area contributed by atoms with E-state index in [4.69, 9.17) is 0 Å². The van der Waals surface area contributed by atoms with Crippen LogP contribution in [-0.2, 0) is 4.79 Å². The van der Waals surface area contributed by atoms with Crippen molar-refractivity contribution in [2.75, 3.05) is 13.1 Å². The van der Waals surface area contributed by atoms with Gasteiger partial charge in [0.15, 0.2) is 11.5 Å². The Bertz CT molecular complexity index is 982. The molecule has 3 rings (SSSR count). The molecule has 10 heteroatoms. The van der Waals surface area contributed by atoms with Gasteiger partial charge in [-0.05, 0) is 38.0 Å². The number of nitrogens with zero attached hydrogens (tertiary/aromatic N) is 7. The van der Waals surface area contributed by atoms with Crippen LogP contribution in [0.15, 0.2) is 30.6 Å². The number of aromatic nitrogens is 6. The van der Waals surface area contributed by atoms with Crippen molar-refractivity contribution < 1.29 is 9.59 Å². The molecule has 0 radical (unpaired) electrons. The molecule has 152 valence electrons. The Kier molecular flexibility index (Phi) is 6.43. The Morgan fingerprint density at radius 2 is 1.79 bits per heavy atom. The van der Waals surface area contributed by atoms with Crippen LogP contribution >= 0.6 is 0 Å². The minimum atomic E-state index is -0.657. The molecule has 0 bridgehead atoms. The number of carbonyl (C=O) groups excluding carboxylic acids is 2. The lowest BCUT2D eigenvalue weighted by atomic mass is 10.2. The van der Waals surface area contributed by atoms with Gasteiger partial charge in [-0.2, -0.15) is 9.61 Å². The van der Waals surface area contributed by atoms with Crippen molar-refractivity contribution in [3.63, 3.8) is 0 Å². The monoisotopic (exact) mass is 396 g/mol. The highest BCUT2D eigenvalue weighted by atomic mass is 16.2. The molecule has 29 heavy (non-hydrogen) atoms. The van der Waals surface area contributed by atoms with E-state index in [1.165, 1.54) is 4.52 Å². The summed E-state index contributed by atoms with van der Waals surface area (Å²) >= 11 is 0. The maximum atomic E-state index is 12.7. The van der Waals surface area contributed by atoms with Crippen LogP contribution in [0.25, 0.3) is 17.3 Å². The predicted molar refractivity (Wildman–Crippen MR) is 106 cm³/mol. The molecule has 2 amide bonds. The molecule has 0 unspecified atom stereocenters. The summed E-state index contributed by atoms with van der Waals surface area (Å²) < 4.78 is 1.41. The van der Waals surface area contributed by atoms with Gasteiger partial charge in [-0.15, -0.1) is 10.2 Å². The van der Waals surface area contributed by atoms with Gasteiger partial charge in [0.25, 0.3) is 5.91 Å². The summed E-state index contributed by atoms with van der Waals surface area (Å²) in [6.07, 6.45) is 4.91. The molecule has 1 N–H and O–H groups in total. The van der Waals surface area contributed by atoms with E-state index in [2.05, 4.69) is 30.6 Å². The summed E-state index contributed by atoms with van der Waals surface area (Å²) in [5, 5.41) is 15.1. The van der Waals surface area contributed by atoms with E-state index in [0.717, 1.165) is 12.8 Å². The SMILES string of the molecule is CCCN(CCC)C(=O)[C@@H](C)NC(=O)c1ccc2nnc(-c3ncccn3)n2n1. The summed E-state index contributed by atoms with van der Waals surface area (Å²) in [6, 6.07) is 4.21. The third-order valence-corrected chi connectivity index (χ3v) is 4.28. The highest BCUT2D eigenvalue weighted by Crippen LogP contribution is 2.12. The Hall–Kier alpha value is -3.43. The van der Waals surface area contributed by atoms with Crippen molar-refractivity contribution in [1.82, 2.24) is 40.0 Å². The molecule has 0 spiro atoms. The second kappa shape index (κ2) is 9.18. The van der Waals surface area contributed by atoms with Crippen LogP contribution < -0.4 is 5.32 Å². The van der Waals surface area contributed by atoms with E-state index in [1.807, 2.05) is 13.8 Å². The minimum Gasteiger partial charge on any atom is -0.341 e. The number of carbonyl (C=O) groups is 2. The molecule has 0 aliphatic carbocycles. The molecular formula is C19H24N8O2. The molecule has 3 aromatic heterocycles. The zero-order valence-electron chi connectivity index (χ0n) is 16.7. The maximum Gasteiger partial charge on any atom is 0.272 e. The molecule has 0 saturated carbocycles. The highest BCUT2D eigenvalue weighted by molar-refractivity contribution is 5.96. The fourth-order valence-corrected chi connectivity index (χ4v) is 2.94. The third-order valence-electron chi connectivity index (χ3n) is 4.28. The van der Waals surface area contributed by atoms with Crippen LogP contribution in [0.3, 0.4) is 0 Å². The normalized spacial score (nSPS) is 12.0. The Balaban J connectivity index is 1.79. The molecule has 0 aliphatic rings. The van der Waals surface area contributed by atoms with Crippen LogP contribution in [0.2, 0.25) is 0 Å². The van der Waals surface area contributed by atoms with E-state index in [0.29, 0.717) is 30.4 Å². The van der Waals surface area contributed by atoms with Crippen molar-refractivity contribution >= 4 is 17.5 Å². The summed E-state index contributed by atoms with van der Waals surface area (Å²) in [5.41, 5.74) is 0.608. The zero-order valence-corrected chi connectivity index (χ0v) is 16.7. The summed E-state index contributed by atoms with van der Waals surface area (Å²) in [6.45, 7) is 7.05. The fraction of sp³-hybridized carbons (Fsp3) is 0.421. The molecule has 3 heterocycles. The van der Waals surface area contributed by atoms with Crippen molar-refractivity contribution in [2.45, 2.75) is 39.7 Å². The molecule has 0 aliphatic heterocycles. The lowest BCUT2D eigenvalue weighted by Crippen LogP contribution is -2.47. The highest BCUT2D eigenvalue weighted by Gasteiger charge is 2.23. The van der Waals surface area contributed by atoms with Gasteiger partial charge in [0, 0.05) is 25.5 Å². The van der Waals surface area contributed by atoms with Crippen molar-refractivity contribution in [3.8, 4) is 11.6 Å². The van der Waals surface area contributed by atoms with Crippen LogP contribution in [0, 0.1) is 0 Å². The zero-order chi connectivity index (χ0) is 20.8. The van der Waals surface area contributed by atoms with Crippen molar-refractivity contribution in [3.05, 3.63) is 36.3 Å². The fourth-order valence-electron chi connectivity index (χ4n) is 2.94. The number of hydrogen-bond acceptors (Lipinski definition) is 7. The largest absolute Gasteiger partial charge is 0.341 e. The van der Waals surface area contributed by atoms with E-state index in [1.54, 1.807) is 42.4 Å². The second-order valence-corrected chi connectivity index (χ2v) is 6.61. The number of amides is 2. The quantitative estimate of drug-likeness (QED) is 0.610. The summed E-state index contributed by atoms with van der Waals surface area (Å²) in [7, 11) is 0. The number of rotatable bonds is 8. The number of fused-ring (bicyclic) bond motifs is 1. The van der Waals surface area contributed by atoms with E-state index >= 15 is 0 Å². The van der Waals surface area contributed by atoms with Gasteiger partial charge in [0.1, 0.15) is 11.7 Å². The third kappa shape index (κ3) is 4.53. The van der Waals surface area contributed by atoms with Crippen LogP contribution in [-0.4, -0.2) is 65.6 Å². The van der Waals surface area contributed by atoms with Crippen molar-refractivity contribution in [2.24, 2.45) is 0 Å². The lowest BCUT2D eigenvalue weighted by Gasteiger charge is -2.25. The average Bonchev–Trinajstić information content (AvgIpc) is 3.17. The first-order chi connectivity index (χ1) is 14.0. The first-order valence-electron chi connectivity index (χ1n) is 9.64. The molecule has 0 saturated heterocycles. The number of nitrogens with one attached hydrogen (secondary N) is 1. The van der Waals surface area contributed by atoms with Crippen LogP contribution in [0.4, 0.5) is 0 Å². The van der Waals surface area contributed by atoms with E-state index in [-0.39, 0.29) is 11.6 Å². The minimum absolute atomic E-state index is 0.106.